The van der Waals surface area contributed by atoms with E-state index in [0.717, 1.165) is 0 Å². The van der Waals surface area contributed by atoms with E-state index in [0.29, 0.717) is 34.8 Å². The maximum Gasteiger partial charge on any atom is 0.203 e. The molecule has 1 atom stereocenters. The first-order valence-corrected chi connectivity index (χ1v) is 18.9. The van der Waals surface area contributed by atoms with Crippen molar-refractivity contribution in [3.63, 3.8) is 0 Å². The molecule has 0 spiro atoms. The van der Waals surface area contributed by atoms with Gasteiger partial charge < -0.3 is 33.2 Å². The van der Waals surface area contributed by atoms with Gasteiger partial charge in [0.2, 0.25) is 5.75 Å². The number of ketones is 1. The fourth-order valence-corrected chi connectivity index (χ4v) is 6.55. The van der Waals surface area contributed by atoms with Gasteiger partial charge in [-0.25, -0.2) is 8.42 Å². The molecule has 2 aromatic carbocycles. The minimum Gasteiger partial charge on any atom is -0.493 e. The van der Waals surface area contributed by atoms with Crippen molar-refractivity contribution < 1.29 is 46.4 Å². The van der Waals surface area contributed by atoms with E-state index < -0.39 is 24.3 Å². The van der Waals surface area contributed by atoms with Crippen LogP contribution in [0.4, 0.5) is 0 Å². The van der Waals surface area contributed by atoms with Crippen molar-refractivity contribution in [2.75, 3.05) is 47.4 Å². The lowest BCUT2D eigenvalue weighted by atomic mass is 9.99. The predicted molar refractivity (Wildman–Crippen MR) is 169 cm³/mol. The van der Waals surface area contributed by atoms with Crippen LogP contribution in [0.25, 0.3) is 0 Å². The molecule has 242 valence electrons. The van der Waals surface area contributed by atoms with Crippen molar-refractivity contribution in [3.05, 3.63) is 35.4 Å². The molecule has 0 amide bonds. The van der Waals surface area contributed by atoms with Crippen LogP contribution in [0.5, 0.6) is 28.7 Å². The van der Waals surface area contributed by atoms with Crippen LogP contribution < -0.4 is 23.7 Å². The molecule has 0 unspecified atom stereocenters. The SMILES string of the molecule is CCCOc1c(OC)cc([C@@H](O)CCC(=O)c2cc(OC)c(OC)c(OC)c2)cc1S(=O)(=O)CCO[Si](C)(C)C(C)(C)C. The number of carbonyl (C=O) groups excluding carboxylic acids is 1. The van der Waals surface area contributed by atoms with Gasteiger partial charge in [0.05, 0.1) is 46.9 Å². The van der Waals surface area contributed by atoms with E-state index in [-0.39, 0.29) is 59.0 Å². The van der Waals surface area contributed by atoms with Gasteiger partial charge in [0.1, 0.15) is 4.90 Å². The highest BCUT2D eigenvalue weighted by Gasteiger charge is 2.37. The molecule has 0 aliphatic heterocycles. The number of hydrogen-bond donors (Lipinski definition) is 1. The average Bonchev–Trinajstić information content (AvgIpc) is 2.96. The Labute approximate surface area is 257 Å². The standard InChI is InChI=1S/C31H48O10SSi/c1-11-14-40-30-27(38-7)19-22(20-28(30)42(34,35)16-15-41-43(9,10)31(2,3)4)24(33)13-12-23(32)21-17-25(36-5)29(39-8)26(18-21)37-6/h17-20,24,33H,11-16H2,1-10H3/t24-/m0/s1. The lowest BCUT2D eigenvalue weighted by Gasteiger charge is -2.36. The van der Waals surface area contributed by atoms with Gasteiger partial charge in [-0.15, -0.1) is 0 Å². The second-order valence-electron chi connectivity index (χ2n) is 11.7. The normalized spacial score (nSPS) is 12.9. The monoisotopic (exact) mass is 640 g/mol. The molecule has 2 rings (SSSR count). The Bertz CT molecular complexity index is 1320. The molecular weight excluding hydrogens is 592 g/mol. The molecule has 12 heteroatoms. The quantitative estimate of drug-likeness (QED) is 0.162. The van der Waals surface area contributed by atoms with E-state index in [2.05, 4.69) is 33.9 Å². The van der Waals surface area contributed by atoms with Gasteiger partial charge in [-0.2, -0.15) is 0 Å². The van der Waals surface area contributed by atoms with Crippen LogP contribution in [-0.4, -0.2) is 75.0 Å². The van der Waals surface area contributed by atoms with Crippen LogP contribution >= 0.6 is 0 Å². The van der Waals surface area contributed by atoms with Crippen LogP contribution in [0.1, 0.15) is 69.0 Å². The summed E-state index contributed by atoms with van der Waals surface area (Å²) in [7, 11) is -0.264. The average molecular weight is 641 g/mol. The van der Waals surface area contributed by atoms with E-state index >= 15 is 0 Å². The number of Topliss-reactive ketones (excluding diaryl/α,β-unsaturated/α-hetero) is 1. The molecule has 0 saturated heterocycles. The lowest BCUT2D eigenvalue weighted by molar-refractivity contribution is 0.0939. The Morgan fingerprint density at radius 2 is 1.44 bits per heavy atom. The van der Waals surface area contributed by atoms with Gasteiger partial charge in [-0.05, 0) is 60.8 Å². The van der Waals surface area contributed by atoms with Gasteiger partial charge in [0.25, 0.3) is 0 Å². The molecule has 0 bridgehead atoms. The molecule has 1 N–H and O–H groups in total. The number of aliphatic hydroxyl groups excluding tert-OH is 1. The third kappa shape index (κ3) is 9.10. The summed E-state index contributed by atoms with van der Waals surface area (Å²) in [5, 5.41) is 11.0. The van der Waals surface area contributed by atoms with E-state index in [1.54, 1.807) is 18.2 Å². The Morgan fingerprint density at radius 3 is 1.93 bits per heavy atom. The second-order valence-corrected chi connectivity index (χ2v) is 18.6. The van der Waals surface area contributed by atoms with Crippen LogP contribution in [0.3, 0.4) is 0 Å². The Morgan fingerprint density at radius 1 is 0.884 bits per heavy atom. The van der Waals surface area contributed by atoms with E-state index in [1.807, 2.05) is 6.92 Å². The number of methoxy groups -OCH3 is 4. The highest BCUT2D eigenvalue weighted by molar-refractivity contribution is 7.91. The smallest absolute Gasteiger partial charge is 0.203 e. The first-order valence-electron chi connectivity index (χ1n) is 14.3. The number of hydrogen-bond acceptors (Lipinski definition) is 10. The van der Waals surface area contributed by atoms with Crippen LogP contribution in [-0.2, 0) is 14.3 Å². The third-order valence-electron chi connectivity index (χ3n) is 7.69. The summed E-state index contributed by atoms with van der Waals surface area (Å²) in [6.07, 6.45) is -0.497. The van der Waals surface area contributed by atoms with Crippen molar-refractivity contribution in [2.45, 2.75) is 76.1 Å². The minimum atomic E-state index is -3.90. The topological polar surface area (TPSA) is 127 Å². The van der Waals surface area contributed by atoms with Crippen LogP contribution in [0.15, 0.2) is 29.2 Å². The molecule has 10 nitrogen and oxygen atoms in total. The number of ether oxygens (including phenoxy) is 5. The first kappa shape index (κ1) is 36.4. The molecule has 0 aromatic heterocycles. The maximum atomic E-state index is 13.6. The molecule has 0 aliphatic carbocycles. The Kier molecular flexibility index (Phi) is 12.9. The zero-order chi connectivity index (χ0) is 32.6. The highest BCUT2D eigenvalue weighted by atomic mass is 32.2. The summed E-state index contributed by atoms with van der Waals surface area (Å²) in [6, 6.07) is 6.06. The largest absolute Gasteiger partial charge is 0.493 e. The highest BCUT2D eigenvalue weighted by Crippen LogP contribution is 2.41. The third-order valence-corrected chi connectivity index (χ3v) is 13.9. The van der Waals surface area contributed by atoms with Crippen LogP contribution in [0, 0.1) is 0 Å². The number of sulfone groups is 1. The van der Waals surface area contributed by atoms with Crippen LogP contribution in [0.2, 0.25) is 18.1 Å². The molecule has 0 heterocycles. The number of aliphatic hydroxyl groups is 1. The zero-order valence-electron chi connectivity index (χ0n) is 27.2. The number of benzene rings is 2. The second kappa shape index (κ2) is 15.3. The number of carbonyl (C=O) groups is 1. The van der Waals surface area contributed by atoms with Crippen molar-refractivity contribution >= 4 is 23.9 Å². The predicted octanol–water partition coefficient (Wildman–Crippen LogP) is 6.00. The van der Waals surface area contributed by atoms with Crippen molar-refractivity contribution in [1.82, 2.24) is 0 Å². The minimum absolute atomic E-state index is 0.0291. The van der Waals surface area contributed by atoms with Gasteiger partial charge in [0, 0.05) is 18.6 Å². The Balaban J connectivity index is 2.37. The van der Waals surface area contributed by atoms with Gasteiger partial charge in [-0.3, -0.25) is 4.79 Å². The summed E-state index contributed by atoms with van der Waals surface area (Å²) in [5.41, 5.74) is 0.620. The van der Waals surface area contributed by atoms with E-state index in [9.17, 15) is 18.3 Å². The zero-order valence-corrected chi connectivity index (χ0v) is 29.0. The number of rotatable bonds is 17. The molecule has 43 heavy (non-hydrogen) atoms. The molecule has 0 saturated carbocycles. The summed E-state index contributed by atoms with van der Waals surface area (Å²) >= 11 is 0. The summed E-state index contributed by atoms with van der Waals surface area (Å²) in [5.74, 6) is 0.804. The molecular formula is C31H48O10SSi. The summed E-state index contributed by atoms with van der Waals surface area (Å²) in [6.45, 7) is 12.6. The van der Waals surface area contributed by atoms with Gasteiger partial charge >= 0.3 is 0 Å². The Hall–Kier alpha value is -2.80. The van der Waals surface area contributed by atoms with Crippen molar-refractivity contribution in [3.8, 4) is 28.7 Å². The molecule has 2 aromatic rings. The maximum absolute atomic E-state index is 13.6. The van der Waals surface area contributed by atoms with Crippen molar-refractivity contribution in [1.29, 1.82) is 0 Å². The molecule has 0 aliphatic rings. The fraction of sp³-hybridized carbons (Fsp3) is 0.581. The van der Waals surface area contributed by atoms with Crippen molar-refractivity contribution in [2.24, 2.45) is 0 Å². The summed E-state index contributed by atoms with van der Waals surface area (Å²) in [4.78, 5) is 13.0. The van der Waals surface area contributed by atoms with Gasteiger partial charge in [-0.1, -0.05) is 27.7 Å². The lowest BCUT2D eigenvalue weighted by Crippen LogP contribution is -2.41. The molecule has 0 radical (unpaired) electrons. The van der Waals surface area contributed by atoms with E-state index in [1.165, 1.54) is 34.5 Å². The molecule has 0 fully saturated rings. The first-order chi connectivity index (χ1) is 20.1. The fourth-order valence-electron chi connectivity index (χ4n) is 4.07. The van der Waals surface area contributed by atoms with Gasteiger partial charge in [0.15, 0.2) is 46.9 Å². The summed E-state index contributed by atoms with van der Waals surface area (Å²) < 4.78 is 60.8. The van der Waals surface area contributed by atoms with E-state index in [4.69, 9.17) is 28.1 Å².